The SMILES string of the molecule is CC/C=C\C/C=C\C/C=C\C/C=C\C/C=C\C/C=C\C/C=C\CCCCCCCCCC(=O)NC(COP(=O)([O-])OCC[N+](C)(C)C)C(O)/C=C/CC/C=C/CC/C=C/CCCCCCCCCCC. The molecule has 0 aliphatic heterocycles. The molecule has 0 rings (SSSR count). The van der Waals surface area contributed by atoms with Crippen LogP contribution in [0.3, 0.4) is 0 Å². The summed E-state index contributed by atoms with van der Waals surface area (Å²) in [6.07, 6.45) is 75.5. The first kappa shape index (κ1) is 66.9. The second-order valence-electron chi connectivity index (χ2n) is 19.5. The quantitative estimate of drug-likeness (QED) is 0.0272. The topological polar surface area (TPSA) is 108 Å². The number of hydrogen-bond donors (Lipinski definition) is 2. The standard InChI is InChI=1S/C61H105N2O6P/c1-6-8-10-12-14-16-18-20-22-24-26-27-28-29-30-31-32-33-34-35-37-39-41-43-45-47-49-51-53-55-61(65)62-59(58-69-70(66,67)68-57-56-63(3,4)5)60(64)54-52-50-48-46-44-42-40-38-36-25-23-21-19-17-15-13-11-9-7-2/h8,10,14,16,20,22,26-27,29-30,32-33,35-38,44,46,52,54,59-60,64H,6-7,9,11-13,15,17-19,21,23-25,28,31,34,39-43,45,47-51,53,55-58H2,1-5H3,(H-,62,65,66,67)/b10-8-,16-14-,22-20-,27-26-,30-29-,33-32-,37-35-,38-36+,46-44+,54-52+. The Morgan fingerprint density at radius 3 is 1.33 bits per heavy atom. The van der Waals surface area contributed by atoms with Crippen LogP contribution in [0.15, 0.2) is 122 Å². The summed E-state index contributed by atoms with van der Waals surface area (Å²) in [6.45, 7) is 4.48. The number of phosphoric ester groups is 1. The predicted molar refractivity (Wildman–Crippen MR) is 302 cm³/mol. The van der Waals surface area contributed by atoms with Crippen molar-refractivity contribution in [3.05, 3.63) is 122 Å². The van der Waals surface area contributed by atoms with E-state index in [2.05, 4.69) is 129 Å². The molecule has 0 saturated heterocycles. The number of quaternary nitrogens is 1. The van der Waals surface area contributed by atoms with Crippen molar-refractivity contribution in [1.82, 2.24) is 5.32 Å². The summed E-state index contributed by atoms with van der Waals surface area (Å²) in [5.74, 6) is -0.228. The number of phosphoric acid groups is 1. The van der Waals surface area contributed by atoms with Gasteiger partial charge in [-0.2, -0.15) is 0 Å². The number of carbonyl (C=O) groups is 1. The third-order valence-corrected chi connectivity index (χ3v) is 12.6. The molecule has 70 heavy (non-hydrogen) atoms. The molecule has 2 N–H and O–H groups in total. The van der Waals surface area contributed by atoms with Crippen molar-refractivity contribution in [2.45, 2.75) is 219 Å². The summed E-state index contributed by atoms with van der Waals surface area (Å²) in [7, 11) is 1.21. The van der Waals surface area contributed by atoms with Gasteiger partial charge in [0.1, 0.15) is 13.2 Å². The number of rotatable bonds is 49. The van der Waals surface area contributed by atoms with Crippen LogP contribution in [0.5, 0.6) is 0 Å². The Labute approximate surface area is 431 Å². The van der Waals surface area contributed by atoms with E-state index < -0.39 is 26.6 Å². The van der Waals surface area contributed by atoms with Gasteiger partial charge < -0.3 is 28.8 Å². The highest BCUT2D eigenvalue weighted by Gasteiger charge is 2.23. The summed E-state index contributed by atoms with van der Waals surface area (Å²) in [6, 6.07) is -0.925. The van der Waals surface area contributed by atoms with E-state index >= 15 is 0 Å². The number of amides is 1. The van der Waals surface area contributed by atoms with Gasteiger partial charge in [-0.25, -0.2) is 0 Å². The molecule has 0 aromatic carbocycles. The van der Waals surface area contributed by atoms with E-state index in [-0.39, 0.29) is 12.5 Å². The van der Waals surface area contributed by atoms with Crippen molar-refractivity contribution >= 4 is 13.7 Å². The second kappa shape index (κ2) is 50.8. The fourth-order valence-electron chi connectivity index (χ4n) is 7.28. The monoisotopic (exact) mass is 993 g/mol. The zero-order valence-corrected chi connectivity index (χ0v) is 46.3. The van der Waals surface area contributed by atoms with Gasteiger partial charge in [0.05, 0.1) is 39.9 Å². The molecule has 0 saturated carbocycles. The lowest BCUT2D eigenvalue weighted by Crippen LogP contribution is -2.45. The molecule has 0 fully saturated rings. The first-order valence-electron chi connectivity index (χ1n) is 27.9. The number of aliphatic hydroxyl groups is 1. The van der Waals surface area contributed by atoms with Crippen LogP contribution < -0.4 is 10.2 Å². The minimum absolute atomic E-state index is 0.0182. The van der Waals surface area contributed by atoms with Gasteiger partial charge in [0, 0.05) is 6.42 Å². The lowest BCUT2D eigenvalue weighted by atomic mass is 10.1. The van der Waals surface area contributed by atoms with Crippen LogP contribution in [0.2, 0.25) is 0 Å². The van der Waals surface area contributed by atoms with E-state index in [9.17, 15) is 19.4 Å². The van der Waals surface area contributed by atoms with Gasteiger partial charge in [0.2, 0.25) is 5.91 Å². The largest absolute Gasteiger partial charge is 0.756 e. The van der Waals surface area contributed by atoms with Crippen LogP contribution >= 0.6 is 7.82 Å². The molecule has 9 heteroatoms. The highest BCUT2D eigenvalue weighted by atomic mass is 31.2. The number of nitrogens with zero attached hydrogens (tertiary/aromatic N) is 1. The van der Waals surface area contributed by atoms with Crippen LogP contribution in [-0.2, 0) is 18.4 Å². The predicted octanol–water partition coefficient (Wildman–Crippen LogP) is 16.3. The Bertz CT molecular complexity index is 1550. The smallest absolute Gasteiger partial charge is 0.268 e. The Morgan fingerprint density at radius 1 is 0.514 bits per heavy atom. The molecule has 0 spiro atoms. The summed E-state index contributed by atoms with van der Waals surface area (Å²) >= 11 is 0. The van der Waals surface area contributed by atoms with Crippen LogP contribution in [-0.4, -0.2) is 68.5 Å². The minimum Gasteiger partial charge on any atom is -0.756 e. The Balaban J connectivity index is 4.36. The number of hydrogen-bond acceptors (Lipinski definition) is 6. The van der Waals surface area contributed by atoms with E-state index in [1.165, 1.54) is 83.5 Å². The summed E-state index contributed by atoms with van der Waals surface area (Å²) < 4.78 is 23.3. The zero-order chi connectivity index (χ0) is 51.3. The van der Waals surface area contributed by atoms with Crippen LogP contribution in [0.25, 0.3) is 0 Å². The molecule has 0 bridgehead atoms. The molecule has 400 valence electrons. The minimum atomic E-state index is -4.62. The molecule has 0 aliphatic carbocycles. The molecule has 3 unspecified atom stereocenters. The van der Waals surface area contributed by atoms with Crippen molar-refractivity contribution in [3.8, 4) is 0 Å². The third kappa shape index (κ3) is 52.7. The van der Waals surface area contributed by atoms with Gasteiger partial charge >= 0.3 is 0 Å². The molecule has 3 atom stereocenters. The number of nitrogens with one attached hydrogen (secondary N) is 1. The molecular weight excluding hydrogens is 888 g/mol. The van der Waals surface area contributed by atoms with Gasteiger partial charge in [-0.15, -0.1) is 0 Å². The number of aliphatic hydroxyl groups excluding tert-OH is 1. The fourth-order valence-corrected chi connectivity index (χ4v) is 8.00. The first-order chi connectivity index (χ1) is 34.0. The highest BCUT2D eigenvalue weighted by molar-refractivity contribution is 7.45. The lowest BCUT2D eigenvalue weighted by Gasteiger charge is -2.29. The number of likely N-dealkylation sites (N-methyl/N-ethyl adjacent to an activating group) is 1. The van der Waals surface area contributed by atoms with Gasteiger partial charge in [-0.1, -0.05) is 219 Å². The maximum Gasteiger partial charge on any atom is 0.268 e. The molecule has 8 nitrogen and oxygen atoms in total. The van der Waals surface area contributed by atoms with Crippen LogP contribution in [0.4, 0.5) is 0 Å². The van der Waals surface area contributed by atoms with Gasteiger partial charge in [-0.05, 0) is 103 Å². The summed E-state index contributed by atoms with van der Waals surface area (Å²) in [5.41, 5.74) is 0. The highest BCUT2D eigenvalue weighted by Crippen LogP contribution is 2.38. The van der Waals surface area contributed by atoms with Crippen molar-refractivity contribution in [1.29, 1.82) is 0 Å². The summed E-state index contributed by atoms with van der Waals surface area (Å²) in [4.78, 5) is 25.5. The molecule has 0 heterocycles. The Hall–Kier alpha value is -3.10. The third-order valence-electron chi connectivity index (χ3n) is 11.6. The molecule has 0 aromatic rings. The van der Waals surface area contributed by atoms with Crippen molar-refractivity contribution in [3.63, 3.8) is 0 Å². The van der Waals surface area contributed by atoms with Gasteiger partial charge in [-0.3, -0.25) is 9.36 Å². The molecule has 0 aromatic heterocycles. The van der Waals surface area contributed by atoms with E-state index in [0.717, 1.165) is 103 Å². The molecule has 0 radical (unpaired) electrons. The lowest BCUT2D eigenvalue weighted by molar-refractivity contribution is -0.870. The van der Waals surface area contributed by atoms with Crippen LogP contribution in [0, 0.1) is 0 Å². The van der Waals surface area contributed by atoms with Crippen molar-refractivity contribution < 1.29 is 32.9 Å². The number of carbonyl (C=O) groups excluding carboxylic acids is 1. The number of unbranched alkanes of at least 4 members (excludes halogenated alkanes) is 18. The summed E-state index contributed by atoms with van der Waals surface area (Å²) in [5, 5.41) is 13.8. The maximum atomic E-state index is 13.0. The zero-order valence-electron chi connectivity index (χ0n) is 45.4. The van der Waals surface area contributed by atoms with Crippen molar-refractivity contribution in [2.24, 2.45) is 0 Å². The van der Waals surface area contributed by atoms with Crippen LogP contribution in [0.1, 0.15) is 206 Å². The first-order valence-corrected chi connectivity index (χ1v) is 29.4. The van der Waals surface area contributed by atoms with Crippen molar-refractivity contribution in [2.75, 3.05) is 40.9 Å². The second-order valence-corrected chi connectivity index (χ2v) is 20.9. The van der Waals surface area contributed by atoms with E-state index in [1.807, 2.05) is 27.2 Å². The van der Waals surface area contributed by atoms with E-state index in [0.29, 0.717) is 17.4 Å². The molecular formula is C61H105N2O6P. The maximum absolute atomic E-state index is 13.0. The van der Waals surface area contributed by atoms with E-state index in [1.54, 1.807) is 6.08 Å². The Morgan fingerprint density at radius 2 is 0.886 bits per heavy atom. The average molecular weight is 993 g/mol. The van der Waals surface area contributed by atoms with Gasteiger partial charge in [0.25, 0.3) is 7.82 Å². The van der Waals surface area contributed by atoms with Gasteiger partial charge in [0.15, 0.2) is 0 Å². The molecule has 1 amide bonds. The Kier molecular flexibility index (Phi) is 48.6. The average Bonchev–Trinajstić information content (AvgIpc) is 3.32. The normalized spacial score (nSPS) is 14.9. The fraction of sp³-hybridized carbons (Fsp3) is 0.656. The van der Waals surface area contributed by atoms with E-state index in [4.69, 9.17) is 9.05 Å². The molecule has 0 aliphatic rings. The number of allylic oxidation sites excluding steroid dienone is 19.